The second-order valence-corrected chi connectivity index (χ2v) is 5.46. The number of carbonyl (C=O) groups excluding carboxylic acids is 1. The van der Waals surface area contributed by atoms with E-state index in [0.29, 0.717) is 11.4 Å². The summed E-state index contributed by atoms with van der Waals surface area (Å²) >= 11 is 7.54. The van der Waals surface area contributed by atoms with Gasteiger partial charge in [-0.2, -0.15) is 11.8 Å². The van der Waals surface area contributed by atoms with Gasteiger partial charge in [-0.15, -0.1) is 0 Å². The normalized spacial score (nSPS) is 12.2. The van der Waals surface area contributed by atoms with Crippen LogP contribution in [0.25, 0.3) is 0 Å². The van der Waals surface area contributed by atoms with Gasteiger partial charge in [0.1, 0.15) is 6.10 Å². The van der Waals surface area contributed by atoms with Gasteiger partial charge < -0.3 is 4.74 Å². The van der Waals surface area contributed by atoms with E-state index in [-0.39, 0.29) is 12.1 Å². The van der Waals surface area contributed by atoms with E-state index in [9.17, 15) is 4.79 Å². The number of rotatable bonds is 6. The SMILES string of the molecule is CCSCCC(=O)OC(C)c1ccc(Cl)cc1. The van der Waals surface area contributed by atoms with Gasteiger partial charge in [-0.25, -0.2) is 0 Å². The van der Waals surface area contributed by atoms with Crippen LogP contribution in [0.5, 0.6) is 0 Å². The Morgan fingerprint density at radius 2 is 2.06 bits per heavy atom. The van der Waals surface area contributed by atoms with Crippen molar-refractivity contribution in [1.82, 2.24) is 0 Å². The monoisotopic (exact) mass is 272 g/mol. The fraction of sp³-hybridized carbons (Fsp3) is 0.462. The first-order chi connectivity index (χ1) is 8.13. The minimum absolute atomic E-state index is 0.145. The lowest BCUT2D eigenvalue weighted by Crippen LogP contribution is -2.09. The first kappa shape index (κ1) is 14.4. The van der Waals surface area contributed by atoms with Crippen LogP contribution in [0.4, 0.5) is 0 Å². The molecule has 1 aromatic carbocycles. The molecule has 4 heteroatoms. The van der Waals surface area contributed by atoms with Gasteiger partial charge in [-0.1, -0.05) is 30.7 Å². The number of esters is 1. The van der Waals surface area contributed by atoms with E-state index in [1.807, 2.05) is 19.1 Å². The molecular weight excluding hydrogens is 256 g/mol. The van der Waals surface area contributed by atoms with Crippen LogP contribution >= 0.6 is 23.4 Å². The predicted octanol–water partition coefficient (Wildman–Crippen LogP) is 4.09. The molecule has 1 rings (SSSR count). The van der Waals surface area contributed by atoms with E-state index < -0.39 is 0 Å². The number of hydrogen-bond donors (Lipinski definition) is 0. The Balaban J connectivity index is 2.40. The molecule has 2 nitrogen and oxygen atoms in total. The Labute approximate surface area is 112 Å². The van der Waals surface area contributed by atoms with Crippen molar-refractivity contribution >= 4 is 29.3 Å². The van der Waals surface area contributed by atoms with Crippen LogP contribution in [-0.2, 0) is 9.53 Å². The van der Waals surface area contributed by atoms with Gasteiger partial charge in [0.25, 0.3) is 0 Å². The topological polar surface area (TPSA) is 26.3 Å². The first-order valence-corrected chi connectivity index (χ1v) is 7.19. The highest BCUT2D eigenvalue weighted by atomic mass is 35.5. The van der Waals surface area contributed by atoms with Crippen molar-refractivity contribution in [2.24, 2.45) is 0 Å². The second-order valence-electron chi connectivity index (χ2n) is 3.63. The molecule has 0 bridgehead atoms. The molecule has 0 heterocycles. The predicted molar refractivity (Wildman–Crippen MR) is 73.6 cm³/mol. The Kier molecular flexibility index (Phi) is 6.45. The fourth-order valence-corrected chi connectivity index (χ4v) is 2.08. The van der Waals surface area contributed by atoms with Crippen LogP contribution in [0.2, 0.25) is 5.02 Å². The van der Waals surface area contributed by atoms with Crippen LogP contribution in [0.15, 0.2) is 24.3 Å². The summed E-state index contributed by atoms with van der Waals surface area (Å²) in [5.41, 5.74) is 0.964. The summed E-state index contributed by atoms with van der Waals surface area (Å²) in [7, 11) is 0. The van der Waals surface area contributed by atoms with Crippen molar-refractivity contribution in [2.75, 3.05) is 11.5 Å². The highest BCUT2D eigenvalue weighted by molar-refractivity contribution is 7.99. The summed E-state index contributed by atoms with van der Waals surface area (Å²) in [6.45, 7) is 3.94. The van der Waals surface area contributed by atoms with Crippen molar-refractivity contribution in [3.63, 3.8) is 0 Å². The number of benzene rings is 1. The molecular formula is C13H17ClO2S. The maximum atomic E-state index is 11.5. The summed E-state index contributed by atoms with van der Waals surface area (Å²) in [5, 5.41) is 0.687. The third-order valence-electron chi connectivity index (χ3n) is 2.30. The molecule has 0 aliphatic rings. The summed E-state index contributed by atoms with van der Waals surface area (Å²) < 4.78 is 5.33. The number of thioether (sulfide) groups is 1. The lowest BCUT2D eigenvalue weighted by atomic mass is 10.1. The molecule has 0 saturated heterocycles. The molecule has 0 aliphatic heterocycles. The first-order valence-electron chi connectivity index (χ1n) is 5.66. The molecule has 0 N–H and O–H groups in total. The van der Waals surface area contributed by atoms with E-state index in [1.165, 1.54) is 0 Å². The standard InChI is InChI=1S/C13H17ClO2S/c1-3-17-9-8-13(15)16-10(2)11-4-6-12(14)7-5-11/h4-7,10H,3,8-9H2,1-2H3. The number of carbonyl (C=O) groups is 1. The van der Waals surface area contributed by atoms with Crippen molar-refractivity contribution in [2.45, 2.75) is 26.4 Å². The lowest BCUT2D eigenvalue weighted by Gasteiger charge is -2.13. The minimum atomic E-state index is -0.216. The molecule has 0 aliphatic carbocycles. The van der Waals surface area contributed by atoms with Gasteiger partial charge in [0.05, 0.1) is 6.42 Å². The van der Waals surface area contributed by atoms with Crippen LogP contribution in [-0.4, -0.2) is 17.5 Å². The third kappa shape index (κ3) is 5.46. The maximum absolute atomic E-state index is 11.5. The fourth-order valence-electron chi connectivity index (χ4n) is 1.36. The van der Waals surface area contributed by atoms with Crippen LogP contribution in [0, 0.1) is 0 Å². The summed E-state index contributed by atoms with van der Waals surface area (Å²) in [6.07, 6.45) is 0.252. The van der Waals surface area contributed by atoms with Crippen LogP contribution in [0.1, 0.15) is 31.9 Å². The Bertz CT molecular complexity index is 351. The summed E-state index contributed by atoms with van der Waals surface area (Å²) in [6, 6.07) is 7.35. The molecule has 0 saturated carbocycles. The number of ether oxygens (including phenoxy) is 1. The second kappa shape index (κ2) is 7.62. The highest BCUT2D eigenvalue weighted by Gasteiger charge is 2.11. The number of halogens is 1. The van der Waals surface area contributed by atoms with Crippen LogP contribution < -0.4 is 0 Å². The van der Waals surface area contributed by atoms with E-state index in [0.717, 1.165) is 17.1 Å². The molecule has 94 valence electrons. The van der Waals surface area contributed by atoms with Crippen molar-refractivity contribution in [3.8, 4) is 0 Å². The summed E-state index contributed by atoms with van der Waals surface area (Å²) in [4.78, 5) is 11.5. The minimum Gasteiger partial charge on any atom is -0.458 e. The molecule has 0 spiro atoms. The molecule has 1 atom stereocenters. The highest BCUT2D eigenvalue weighted by Crippen LogP contribution is 2.19. The lowest BCUT2D eigenvalue weighted by molar-refractivity contribution is -0.148. The van der Waals surface area contributed by atoms with Crippen molar-refractivity contribution < 1.29 is 9.53 Å². The zero-order valence-corrected chi connectivity index (χ0v) is 11.7. The van der Waals surface area contributed by atoms with Gasteiger partial charge >= 0.3 is 5.97 Å². The van der Waals surface area contributed by atoms with Gasteiger partial charge in [0.15, 0.2) is 0 Å². The smallest absolute Gasteiger partial charge is 0.307 e. The van der Waals surface area contributed by atoms with Gasteiger partial charge in [-0.3, -0.25) is 4.79 Å². The van der Waals surface area contributed by atoms with E-state index in [4.69, 9.17) is 16.3 Å². The van der Waals surface area contributed by atoms with Gasteiger partial charge in [-0.05, 0) is 30.4 Å². The quantitative estimate of drug-likeness (QED) is 0.576. The Hall–Kier alpha value is -0.670. The molecule has 0 radical (unpaired) electrons. The zero-order chi connectivity index (χ0) is 12.7. The van der Waals surface area contributed by atoms with E-state index >= 15 is 0 Å². The zero-order valence-electron chi connectivity index (χ0n) is 10.1. The molecule has 1 unspecified atom stereocenters. The third-order valence-corrected chi connectivity index (χ3v) is 3.46. The molecule has 17 heavy (non-hydrogen) atoms. The van der Waals surface area contributed by atoms with E-state index in [2.05, 4.69) is 6.92 Å². The van der Waals surface area contributed by atoms with Crippen molar-refractivity contribution in [3.05, 3.63) is 34.9 Å². The van der Waals surface area contributed by atoms with E-state index in [1.54, 1.807) is 23.9 Å². The van der Waals surface area contributed by atoms with Gasteiger partial charge in [0, 0.05) is 10.8 Å². The van der Waals surface area contributed by atoms with Crippen LogP contribution in [0.3, 0.4) is 0 Å². The molecule has 1 aromatic rings. The van der Waals surface area contributed by atoms with Crippen molar-refractivity contribution in [1.29, 1.82) is 0 Å². The molecule has 0 fully saturated rings. The molecule has 0 aromatic heterocycles. The Morgan fingerprint density at radius 3 is 2.65 bits per heavy atom. The number of hydrogen-bond acceptors (Lipinski definition) is 3. The average molecular weight is 273 g/mol. The average Bonchev–Trinajstić information content (AvgIpc) is 2.30. The molecule has 0 amide bonds. The Morgan fingerprint density at radius 1 is 1.41 bits per heavy atom. The maximum Gasteiger partial charge on any atom is 0.307 e. The summed E-state index contributed by atoms with van der Waals surface area (Å²) in [5.74, 6) is 1.70. The van der Waals surface area contributed by atoms with Gasteiger partial charge in [0.2, 0.25) is 0 Å². The largest absolute Gasteiger partial charge is 0.458 e.